The van der Waals surface area contributed by atoms with Crippen LogP contribution in [0.25, 0.3) is 0 Å². The smallest absolute Gasteiger partial charge is 0.225 e. The maximum absolute atomic E-state index is 13.7. The van der Waals surface area contributed by atoms with Crippen molar-refractivity contribution in [2.45, 2.75) is 57.9 Å². The van der Waals surface area contributed by atoms with Crippen LogP contribution in [0.5, 0.6) is 0 Å². The molecule has 29 heavy (non-hydrogen) atoms. The monoisotopic (exact) mass is 516 g/mol. The number of halogens is 2. The van der Waals surface area contributed by atoms with Crippen molar-refractivity contribution >= 4 is 35.8 Å². The van der Waals surface area contributed by atoms with Crippen molar-refractivity contribution in [3.63, 3.8) is 0 Å². The zero-order valence-corrected chi connectivity index (χ0v) is 19.7. The first-order valence-corrected chi connectivity index (χ1v) is 10.7. The number of likely N-dealkylation sites (tertiary alicyclic amines) is 1. The molecule has 1 aliphatic carbocycles. The van der Waals surface area contributed by atoms with Crippen molar-refractivity contribution in [3.05, 3.63) is 35.6 Å². The van der Waals surface area contributed by atoms with Gasteiger partial charge in [0, 0.05) is 38.1 Å². The summed E-state index contributed by atoms with van der Waals surface area (Å²) in [5.74, 6) is 1.14. The third kappa shape index (κ3) is 7.12. The molecule has 0 bridgehead atoms. The number of carbonyl (C=O) groups is 1. The molecule has 0 radical (unpaired) electrons. The van der Waals surface area contributed by atoms with Crippen molar-refractivity contribution in [2.75, 3.05) is 26.2 Å². The molecule has 7 heteroatoms. The van der Waals surface area contributed by atoms with E-state index in [0.29, 0.717) is 24.4 Å². The molecule has 1 aromatic rings. The molecule has 2 fully saturated rings. The summed E-state index contributed by atoms with van der Waals surface area (Å²) in [5, 5.41) is 6.72. The highest BCUT2D eigenvalue weighted by Gasteiger charge is 2.31. The SMILES string of the molecule is CCNC(=NCCc1ccccc1F)NC1CCN(C(=O)C2CCCCC2)C1.I. The van der Waals surface area contributed by atoms with Gasteiger partial charge in [-0.25, -0.2) is 4.39 Å². The second-order valence-electron chi connectivity index (χ2n) is 7.85. The van der Waals surface area contributed by atoms with Gasteiger partial charge in [0.05, 0.1) is 0 Å². The number of nitrogens with one attached hydrogen (secondary N) is 2. The number of rotatable bonds is 6. The zero-order chi connectivity index (χ0) is 19.8. The summed E-state index contributed by atoms with van der Waals surface area (Å²) in [4.78, 5) is 19.4. The van der Waals surface area contributed by atoms with Crippen molar-refractivity contribution in [2.24, 2.45) is 10.9 Å². The Morgan fingerprint density at radius 2 is 1.97 bits per heavy atom. The number of nitrogens with zero attached hydrogens (tertiary/aromatic N) is 2. The van der Waals surface area contributed by atoms with Crippen molar-refractivity contribution in [3.8, 4) is 0 Å². The van der Waals surface area contributed by atoms with Gasteiger partial charge in [-0.2, -0.15) is 0 Å². The maximum Gasteiger partial charge on any atom is 0.225 e. The average Bonchev–Trinajstić information content (AvgIpc) is 3.18. The highest BCUT2D eigenvalue weighted by molar-refractivity contribution is 14.0. The second kappa shape index (κ2) is 12.3. The number of guanidine groups is 1. The summed E-state index contributed by atoms with van der Waals surface area (Å²) in [5.41, 5.74) is 0.687. The lowest BCUT2D eigenvalue weighted by Crippen LogP contribution is -2.45. The molecule has 0 aromatic heterocycles. The van der Waals surface area contributed by atoms with Crippen LogP contribution < -0.4 is 10.6 Å². The molecular weight excluding hydrogens is 482 g/mol. The van der Waals surface area contributed by atoms with E-state index in [9.17, 15) is 9.18 Å². The van der Waals surface area contributed by atoms with Crippen molar-refractivity contribution in [1.29, 1.82) is 0 Å². The molecule has 1 unspecified atom stereocenters. The summed E-state index contributed by atoms with van der Waals surface area (Å²) in [7, 11) is 0. The molecule has 1 heterocycles. The Kier molecular flexibility index (Phi) is 10.2. The van der Waals surface area contributed by atoms with Gasteiger partial charge in [0.25, 0.3) is 0 Å². The number of aliphatic imine (C=N–C) groups is 1. The Balaban J connectivity index is 0.00000300. The molecule has 5 nitrogen and oxygen atoms in total. The van der Waals surface area contributed by atoms with Gasteiger partial charge in [-0.05, 0) is 44.2 Å². The van der Waals surface area contributed by atoms with Gasteiger partial charge in [-0.1, -0.05) is 37.5 Å². The number of hydrogen-bond acceptors (Lipinski definition) is 2. The Hall–Kier alpha value is -1.38. The lowest BCUT2D eigenvalue weighted by Gasteiger charge is -2.26. The van der Waals surface area contributed by atoms with Crippen LogP contribution in [0.3, 0.4) is 0 Å². The lowest BCUT2D eigenvalue weighted by atomic mass is 9.88. The standard InChI is InChI=1S/C22H33FN4O.HI/c1-2-24-22(25-14-12-17-8-6-7-11-20(17)23)26-19-13-15-27(16-19)21(28)18-9-4-3-5-10-18;/h6-8,11,18-19H,2-5,9-10,12-16H2,1H3,(H2,24,25,26);1H. The number of hydrogen-bond donors (Lipinski definition) is 2. The fraction of sp³-hybridized carbons (Fsp3) is 0.636. The molecule has 1 saturated carbocycles. The number of benzene rings is 1. The summed E-state index contributed by atoms with van der Waals surface area (Å²) in [6.45, 7) is 4.88. The third-order valence-corrected chi connectivity index (χ3v) is 5.75. The van der Waals surface area contributed by atoms with Crippen LogP contribution in [0, 0.1) is 11.7 Å². The van der Waals surface area contributed by atoms with Gasteiger partial charge in [-0.3, -0.25) is 9.79 Å². The van der Waals surface area contributed by atoms with E-state index in [0.717, 1.165) is 44.9 Å². The van der Waals surface area contributed by atoms with Crippen LogP contribution in [0.2, 0.25) is 0 Å². The van der Waals surface area contributed by atoms with E-state index in [1.165, 1.54) is 25.3 Å². The topological polar surface area (TPSA) is 56.7 Å². The maximum atomic E-state index is 13.7. The molecule has 2 N–H and O–H groups in total. The average molecular weight is 516 g/mol. The molecule has 1 saturated heterocycles. The van der Waals surface area contributed by atoms with Gasteiger partial charge in [0.15, 0.2) is 5.96 Å². The van der Waals surface area contributed by atoms with E-state index in [4.69, 9.17) is 0 Å². The first-order valence-electron chi connectivity index (χ1n) is 10.7. The van der Waals surface area contributed by atoms with Crippen LogP contribution in [0.4, 0.5) is 4.39 Å². The molecule has 1 aliphatic heterocycles. The van der Waals surface area contributed by atoms with E-state index in [1.54, 1.807) is 12.1 Å². The summed E-state index contributed by atoms with van der Waals surface area (Å²) in [6, 6.07) is 7.06. The molecule has 0 spiro atoms. The van der Waals surface area contributed by atoms with Gasteiger partial charge < -0.3 is 15.5 Å². The first-order chi connectivity index (χ1) is 13.7. The normalized spacial score (nSPS) is 20.3. The summed E-state index contributed by atoms with van der Waals surface area (Å²) in [6.07, 6.45) is 7.25. The predicted octanol–water partition coefficient (Wildman–Crippen LogP) is 3.72. The van der Waals surface area contributed by atoms with Crippen LogP contribution >= 0.6 is 24.0 Å². The highest BCUT2D eigenvalue weighted by atomic mass is 127. The minimum Gasteiger partial charge on any atom is -0.357 e. The Morgan fingerprint density at radius 1 is 1.21 bits per heavy atom. The van der Waals surface area contributed by atoms with Crippen molar-refractivity contribution < 1.29 is 9.18 Å². The fourth-order valence-electron chi connectivity index (χ4n) is 4.19. The highest BCUT2D eigenvalue weighted by Crippen LogP contribution is 2.26. The number of carbonyl (C=O) groups excluding carboxylic acids is 1. The van der Waals surface area contributed by atoms with Crippen LogP contribution in [0.15, 0.2) is 29.3 Å². The minimum absolute atomic E-state index is 0. The third-order valence-electron chi connectivity index (χ3n) is 5.75. The predicted molar refractivity (Wildman–Crippen MR) is 126 cm³/mol. The molecular formula is C22H34FIN4O. The fourth-order valence-corrected chi connectivity index (χ4v) is 4.19. The Bertz CT molecular complexity index is 679. The van der Waals surface area contributed by atoms with E-state index in [-0.39, 0.29) is 41.8 Å². The zero-order valence-electron chi connectivity index (χ0n) is 17.3. The Morgan fingerprint density at radius 3 is 2.69 bits per heavy atom. The Labute approximate surface area is 190 Å². The summed E-state index contributed by atoms with van der Waals surface area (Å²) >= 11 is 0. The van der Waals surface area contributed by atoms with E-state index >= 15 is 0 Å². The summed E-state index contributed by atoms with van der Waals surface area (Å²) < 4.78 is 13.7. The molecule has 1 atom stereocenters. The van der Waals surface area contributed by atoms with E-state index in [2.05, 4.69) is 15.6 Å². The van der Waals surface area contributed by atoms with Gasteiger partial charge >= 0.3 is 0 Å². The van der Waals surface area contributed by atoms with Crippen LogP contribution in [-0.4, -0.2) is 49.0 Å². The lowest BCUT2D eigenvalue weighted by molar-refractivity contribution is -0.135. The van der Waals surface area contributed by atoms with Crippen LogP contribution in [0.1, 0.15) is 51.0 Å². The molecule has 3 rings (SSSR count). The minimum atomic E-state index is -0.177. The largest absolute Gasteiger partial charge is 0.357 e. The van der Waals surface area contributed by atoms with Gasteiger partial charge in [0.1, 0.15) is 5.82 Å². The molecule has 1 aromatic carbocycles. The number of amides is 1. The molecule has 1 amide bonds. The van der Waals surface area contributed by atoms with E-state index < -0.39 is 0 Å². The van der Waals surface area contributed by atoms with E-state index in [1.807, 2.05) is 17.9 Å². The van der Waals surface area contributed by atoms with Gasteiger partial charge in [0.2, 0.25) is 5.91 Å². The van der Waals surface area contributed by atoms with Crippen molar-refractivity contribution in [1.82, 2.24) is 15.5 Å². The van der Waals surface area contributed by atoms with Crippen LogP contribution in [-0.2, 0) is 11.2 Å². The quantitative estimate of drug-likeness (QED) is 0.345. The molecule has 2 aliphatic rings. The molecule has 162 valence electrons. The van der Waals surface area contributed by atoms with Gasteiger partial charge in [-0.15, -0.1) is 24.0 Å². The second-order valence-corrected chi connectivity index (χ2v) is 7.85. The first kappa shape index (κ1) is 23.9.